The average Bonchev–Trinajstić information content (AvgIpc) is 2.32. The fourth-order valence-corrected chi connectivity index (χ4v) is 1.66. The Labute approximate surface area is 115 Å². The molecule has 0 radical (unpaired) electrons. The molecule has 0 amide bonds. The second-order valence-electron chi connectivity index (χ2n) is 3.15. The van der Waals surface area contributed by atoms with Crippen LogP contribution >= 0.6 is 27.5 Å². The third kappa shape index (κ3) is 2.74. The van der Waals surface area contributed by atoms with Gasteiger partial charge in [-0.3, -0.25) is 10.1 Å². The maximum atomic E-state index is 10.8. The van der Waals surface area contributed by atoms with Gasteiger partial charge in [-0.2, -0.15) is 0 Å². The Hall–Kier alpha value is -1.73. The van der Waals surface area contributed by atoms with Crippen LogP contribution in [0.4, 0.5) is 5.69 Å². The van der Waals surface area contributed by atoms with Crippen molar-refractivity contribution < 1.29 is 9.66 Å². The van der Waals surface area contributed by atoms with Gasteiger partial charge < -0.3 is 4.74 Å². The van der Waals surface area contributed by atoms with Crippen molar-refractivity contribution in [2.75, 3.05) is 0 Å². The van der Waals surface area contributed by atoms with Gasteiger partial charge in [0.2, 0.25) is 11.6 Å². The van der Waals surface area contributed by atoms with E-state index in [0.717, 1.165) is 0 Å². The van der Waals surface area contributed by atoms with E-state index < -0.39 is 4.92 Å². The number of ether oxygens (including phenoxy) is 1. The predicted molar refractivity (Wildman–Crippen MR) is 67.9 cm³/mol. The van der Waals surface area contributed by atoms with Crippen molar-refractivity contribution in [1.29, 1.82) is 0 Å². The summed E-state index contributed by atoms with van der Waals surface area (Å²) in [7, 11) is 0. The Morgan fingerprint density at radius 1 is 1.44 bits per heavy atom. The highest BCUT2D eigenvalue weighted by Crippen LogP contribution is 2.34. The molecule has 1 aromatic heterocycles. The molecule has 1 heterocycles. The topological polar surface area (TPSA) is 78.2 Å². The van der Waals surface area contributed by atoms with Crippen LogP contribution in [0.25, 0.3) is 0 Å². The molecule has 2 rings (SSSR count). The van der Waals surface area contributed by atoms with Crippen molar-refractivity contribution in [3.8, 4) is 11.6 Å². The van der Waals surface area contributed by atoms with Gasteiger partial charge in [0, 0.05) is 23.4 Å². The van der Waals surface area contributed by atoms with Gasteiger partial charge in [0.05, 0.1) is 9.40 Å². The molecule has 0 saturated carbocycles. The van der Waals surface area contributed by atoms with Gasteiger partial charge in [-0.05, 0) is 22.0 Å². The standard InChI is InChI=1S/C10H5BrClN3O3/c11-7-4-13-5-14-10(7)18-9-3-6(12)1-2-8(9)15(16)17/h1-5H. The zero-order chi connectivity index (χ0) is 13.1. The van der Waals surface area contributed by atoms with Crippen molar-refractivity contribution >= 4 is 33.2 Å². The van der Waals surface area contributed by atoms with E-state index in [-0.39, 0.29) is 17.3 Å². The number of hydrogen-bond donors (Lipinski definition) is 0. The molecule has 0 aliphatic carbocycles. The third-order valence-electron chi connectivity index (χ3n) is 1.96. The van der Waals surface area contributed by atoms with E-state index in [9.17, 15) is 10.1 Å². The molecule has 0 spiro atoms. The number of hydrogen-bond acceptors (Lipinski definition) is 5. The minimum absolute atomic E-state index is 0.0203. The molecular weight excluding hydrogens is 325 g/mol. The first kappa shape index (κ1) is 12.7. The first-order valence-electron chi connectivity index (χ1n) is 4.65. The molecule has 0 aliphatic rings. The van der Waals surface area contributed by atoms with Crippen LogP contribution in [0.2, 0.25) is 5.02 Å². The highest BCUT2D eigenvalue weighted by atomic mass is 79.9. The lowest BCUT2D eigenvalue weighted by atomic mass is 10.3. The van der Waals surface area contributed by atoms with E-state index in [1.54, 1.807) is 0 Å². The average molecular weight is 331 g/mol. The summed E-state index contributed by atoms with van der Waals surface area (Å²) in [6.07, 6.45) is 2.75. The zero-order valence-electron chi connectivity index (χ0n) is 8.71. The maximum Gasteiger partial charge on any atom is 0.311 e. The number of aromatic nitrogens is 2. The van der Waals surface area contributed by atoms with E-state index >= 15 is 0 Å². The van der Waals surface area contributed by atoms with Crippen molar-refractivity contribution in [2.24, 2.45) is 0 Å². The van der Waals surface area contributed by atoms with E-state index in [1.807, 2.05) is 0 Å². The first-order chi connectivity index (χ1) is 8.58. The van der Waals surface area contributed by atoms with Gasteiger partial charge in [0.25, 0.3) is 0 Å². The third-order valence-corrected chi connectivity index (χ3v) is 2.74. The monoisotopic (exact) mass is 329 g/mol. The van der Waals surface area contributed by atoms with Gasteiger partial charge in [-0.25, -0.2) is 9.97 Å². The summed E-state index contributed by atoms with van der Waals surface area (Å²) in [5, 5.41) is 11.2. The summed E-state index contributed by atoms with van der Waals surface area (Å²) >= 11 is 8.96. The van der Waals surface area contributed by atoms with Crippen molar-refractivity contribution in [3.05, 3.63) is 50.3 Å². The van der Waals surface area contributed by atoms with Crippen LogP contribution in [0, 0.1) is 10.1 Å². The van der Waals surface area contributed by atoms with E-state index in [4.69, 9.17) is 16.3 Å². The number of halogens is 2. The largest absolute Gasteiger partial charge is 0.430 e. The normalized spacial score (nSPS) is 10.1. The number of nitro benzene ring substituents is 1. The minimum atomic E-state index is -0.555. The Bertz CT molecular complexity index is 609. The molecule has 6 nitrogen and oxygen atoms in total. The number of nitrogens with zero attached hydrogens (tertiary/aromatic N) is 3. The number of rotatable bonds is 3. The summed E-state index contributed by atoms with van der Waals surface area (Å²) in [5.74, 6) is 0.197. The molecule has 2 aromatic rings. The first-order valence-corrected chi connectivity index (χ1v) is 5.82. The van der Waals surface area contributed by atoms with Crippen molar-refractivity contribution in [1.82, 2.24) is 9.97 Å². The van der Waals surface area contributed by atoms with Crippen LogP contribution in [-0.2, 0) is 0 Å². The lowest BCUT2D eigenvalue weighted by Gasteiger charge is -2.06. The minimum Gasteiger partial charge on any atom is -0.430 e. The summed E-state index contributed by atoms with van der Waals surface area (Å²) in [5.41, 5.74) is -0.190. The van der Waals surface area contributed by atoms with Crippen molar-refractivity contribution in [3.63, 3.8) is 0 Å². The highest BCUT2D eigenvalue weighted by molar-refractivity contribution is 9.10. The molecule has 0 unspecified atom stereocenters. The van der Waals surface area contributed by atoms with Gasteiger partial charge >= 0.3 is 5.69 Å². The highest BCUT2D eigenvalue weighted by Gasteiger charge is 2.17. The molecule has 0 saturated heterocycles. The Balaban J connectivity index is 2.42. The molecule has 0 bridgehead atoms. The van der Waals surface area contributed by atoms with Crippen LogP contribution in [-0.4, -0.2) is 14.9 Å². The fraction of sp³-hybridized carbons (Fsp3) is 0. The SMILES string of the molecule is O=[N+]([O-])c1ccc(Cl)cc1Oc1ncncc1Br. The number of benzene rings is 1. The van der Waals surface area contributed by atoms with Crippen LogP contribution in [0.1, 0.15) is 0 Å². The van der Waals surface area contributed by atoms with Crippen LogP contribution in [0.15, 0.2) is 35.2 Å². The number of nitro groups is 1. The Kier molecular flexibility index (Phi) is 3.73. The van der Waals surface area contributed by atoms with Crippen LogP contribution in [0.5, 0.6) is 11.6 Å². The van der Waals surface area contributed by atoms with Crippen LogP contribution < -0.4 is 4.74 Å². The lowest BCUT2D eigenvalue weighted by molar-refractivity contribution is -0.385. The zero-order valence-corrected chi connectivity index (χ0v) is 11.1. The molecule has 8 heteroatoms. The summed E-state index contributed by atoms with van der Waals surface area (Å²) in [6.45, 7) is 0. The summed E-state index contributed by atoms with van der Waals surface area (Å²) < 4.78 is 5.84. The molecule has 0 atom stereocenters. The van der Waals surface area contributed by atoms with Gasteiger partial charge in [-0.1, -0.05) is 11.6 Å². The summed E-state index contributed by atoms with van der Waals surface area (Å²) in [6, 6.07) is 4.04. The lowest BCUT2D eigenvalue weighted by Crippen LogP contribution is -1.95. The second-order valence-corrected chi connectivity index (χ2v) is 4.44. The molecule has 92 valence electrons. The molecule has 0 aliphatic heterocycles. The van der Waals surface area contributed by atoms with Gasteiger partial charge in [-0.15, -0.1) is 0 Å². The molecular formula is C10H5BrClN3O3. The fourth-order valence-electron chi connectivity index (χ4n) is 1.20. The van der Waals surface area contributed by atoms with Crippen molar-refractivity contribution in [2.45, 2.75) is 0 Å². The van der Waals surface area contributed by atoms with Crippen LogP contribution in [0.3, 0.4) is 0 Å². The summed E-state index contributed by atoms with van der Waals surface area (Å²) in [4.78, 5) is 17.9. The Morgan fingerprint density at radius 3 is 2.89 bits per heavy atom. The van der Waals surface area contributed by atoms with E-state index in [0.29, 0.717) is 9.50 Å². The molecule has 18 heavy (non-hydrogen) atoms. The second kappa shape index (κ2) is 5.28. The Morgan fingerprint density at radius 2 is 2.22 bits per heavy atom. The van der Waals surface area contributed by atoms with Gasteiger partial charge in [0.1, 0.15) is 6.33 Å². The maximum absolute atomic E-state index is 10.8. The quantitative estimate of drug-likeness (QED) is 0.635. The predicted octanol–water partition coefficient (Wildman–Crippen LogP) is 3.59. The van der Waals surface area contributed by atoms with E-state index in [2.05, 4.69) is 25.9 Å². The molecule has 0 N–H and O–H groups in total. The van der Waals surface area contributed by atoms with Gasteiger partial charge in [0.15, 0.2) is 0 Å². The van der Waals surface area contributed by atoms with E-state index in [1.165, 1.54) is 30.7 Å². The molecule has 0 fully saturated rings. The molecule has 1 aromatic carbocycles. The smallest absolute Gasteiger partial charge is 0.311 e.